The third kappa shape index (κ3) is 4.26. The number of methoxy groups -OCH3 is 2. The summed E-state index contributed by atoms with van der Waals surface area (Å²) in [5.41, 5.74) is 7.35. The number of nitrogens with two attached hydrogens (primary N) is 1. The first-order valence-corrected chi connectivity index (χ1v) is 9.25. The van der Waals surface area contributed by atoms with E-state index in [0.717, 1.165) is 29.9 Å². The van der Waals surface area contributed by atoms with E-state index < -0.39 is 0 Å². The third-order valence-corrected chi connectivity index (χ3v) is 6.04. The smallest absolute Gasteiger partial charge is 0.225 e. The van der Waals surface area contributed by atoms with E-state index in [-0.39, 0.29) is 24.2 Å². The van der Waals surface area contributed by atoms with Gasteiger partial charge in [0.2, 0.25) is 5.91 Å². The van der Waals surface area contributed by atoms with Crippen molar-refractivity contribution in [2.75, 3.05) is 21.3 Å². The Hall–Kier alpha value is -1.46. The lowest BCUT2D eigenvalue weighted by molar-refractivity contribution is -0.137. The van der Waals surface area contributed by atoms with Crippen LogP contribution in [-0.2, 0) is 11.3 Å². The maximum Gasteiger partial charge on any atom is 0.225 e. The number of hydrogen-bond donors (Lipinski definition) is 1. The van der Waals surface area contributed by atoms with Gasteiger partial charge in [-0.25, -0.2) is 0 Å². The van der Waals surface area contributed by atoms with Crippen molar-refractivity contribution < 1.29 is 14.3 Å². The molecule has 1 amide bonds. The van der Waals surface area contributed by atoms with E-state index in [0.29, 0.717) is 24.4 Å². The van der Waals surface area contributed by atoms with E-state index in [1.165, 1.54) is 19.3 Å². The molecule has 1 aromatic carbocycles. The van der Waals surface area contributed by atoms with E-state index in [9.17, 15) is 4.79 Å². The van der Waals surface area contributed by atoms with Crippen molar-refractivity contribution in [2.24, 2.45) is 23.5 Å². The molecule has 2 atom stereocenters. The Labute approximate surface area is 162 Å². The summed E-state index contributed by atoms with van der Waals surface area (Å²) in [4.78, 5) is 14.8. The number of fused-ring (bicyclic) bond motifs is 2. The lowest BCUT2D eigenvalue weighted by atomic mass is 9.65. The van der Waals surface area contributed by atoms with Crippen LogP contribution in [0.5, 0.6) is 11.5 Å². The summed E-state index contributed by atoms with van der Waals surface area (Å²) in [6, 6.07) is 6.02. The van der Waals surface area contributed by atoms with Crippen molar-refractivity contribution in [1.82, 2.24) is 4.90 Å². The fraction of sp³-hybridized carbons (Fsp3) is 0.650. The first-order valence-electron chi connectivity index (χ1n) is 9.25. The van der Waals surface area contributed by atoms with Gasteiger partial charge in [-0.05, 0) is 49.7 Å². The molecule has 2 aliphatic carbocycles. The SMILES string of the molecule is COc1ccc(CN(C)C(=O)C2CC3CCCC(C2)C3N)c(OC)c1.Cl. The van der Waals surface area contributed by atoms with Gasteiger partial charge in [-0.1, -0.05) is 6.42 Å². The normalized spacial score (nSPS) is 27.2. The van der Waals surface area contributed by atoms with Crippen molar-refractivity contribution in [3.63, 3.8) is 0 Å². The van der Waals surface area contributed by atoms with E-state index >= 15 is 0 Å². The second-order valence-electron chi connectivity index (χ2n) is 7.57. The van der Waals surface area contributed by atoms with Crippen LogP contribution in [0.3, 0.4) is 0 Å². The molecule has 0 saturated heterocycles. The first-order chi connectivity index (χ1) is 12.0. The van der Waals surface area contributed by atoms with Gasteiger partial charge >= 0.3 is 0 Å². The molecule has 2 bridgehead atoms. The van der Waals surface area contributed by atoms with Gasteiger partial charge in [0, 0.05) is 37.2 Å². The molecular formula is C20H31ClN2O3. The molecule has 3 rings (SSSR count). The summed E-state index contributed by atoms with van der Waals surface area (Å²) in [5, 5.41) is 0. The maximum absolute atomic E-state index is 13.0. The minimum absolute atomic E-state index is 0. The molecule has 2 unspecified atom stereocenters. The molecule has 0 radical (unpaired) electrons. The zero-order chi connectivity index (χ0) is 18.0. The number of carbonyl (C=O) groups is 1. The Morgan fingerprint density at radius 1 is 1.19 bits per heavy atom. The van der Waals surface area contributed by atoms with Gasteiger partial charge in [0.25, 0.3) is 0 Å². The van der Waals surface area contributed by atoms with Crippen LogP contribution in [0.25, 0.3) is 0 Å². The zero-order valence-electron chi connectivity index (χ0n) is 15.9. The minimum atomic E-state index is 0. The predicted molar refractivity (Wildman–Crippen MR) is 105 cm³/mol. The molecular weight excluding hydrogens is 352 g/mol. The van der Waals surface area contributed by atoms with Crippen LogP contribution in [0, 0.1) is 17.8 Å². The molecule has 6 heteroatoms. The summed E-state index contributed by atoms with van der Waals surface area (Å²) in [6.07, 6.45) is 5.51. The van der Waals surface area contributed by atoms with Crippen LogP contribution in [0.1, 0.15) is 37.7 Å². The van der Waals surface area contributed by atoms with E-state index in [2.05, 4.69) is 0 Å². The average Bonchev–Trinajstić information content (AvgIpc) is 2.61. The highest BCUT2D eigenvalue weighted by atomic mass is 35.5. The van der Waals surface area contributed by atoms with E-state index in [4.69, 9.17) is 15.2 Å². The van der Waals surface area contributed by atoms with Gasteiger partial charge in [-0.2, -0.15) is 0 Å². The molecule has 0 aliphatic heterocycles. The quantitative estimate of drug-likeness (QED) is 0.849. The Balaban J connectivity index is 0.00000243. The number of halogens is 1. The van der Waals surface area contributed by atoms with Gasteiger partial charge in [0.15, 0.2) is 0 Å². The molecule has 2 N–H and O–H groups in total. The second kappa shape index (κ2) is 8.96. The van der Waals surface area contributed by atoms with Crippen LogP contribution in [0.15, 0.2) is 18.2 Å². The molecule has 2 fully saturated rings. The van der Waals surface area contributed by atoms with Gasteiger partial charge in [-0.3, -0.25) is 4.79 Å². The first kappa shape index (κ1) is 20.8. The molecule has 146 valence electrons. The third-order valence-electron chi connectivity index (χ3n) is 6.04. The summed E-state index contributed by atoms with van der Waals surface area (Å²) in [6.45, 7) is 0.546. The van der Waals surface area contributed by atoms with Crippen molar-refractivity contribution in [1.29, 1.82) is 0 Å². The fourth-order valence-corrected chi connectivity index (χ4v) is 4.62. The maximum atomic E-state index is 13.0. The second-order valence-corrected chi connectivity index (χ2v) is 7.57. The van der Waals surface area contributed by atoms with Crippen LogP contribution < -0.4 is 15.2 Å². The van der Waals surface area contributed by atoms with Gasteiger partial charge in [0.1, 0.15) is 11.5 Å². The van der Waals surface area contributed by atoms with E-state index in [1.807, 2.05) is 30.1 Å². The predicted octanol–water partition coefficient (Wildman–Crippen LogP) is 3.24. The molecule has 1 aromatic rings. The van der Waals surface area contributed by atoms with Gasteiger partial charge < -0.3 is 20.1 Å². The van der Waals surface area contributed by atoms with Crippen molar-refractivity contribution in [3.05, 3.63) is 23.8 Å². The summed E-state index contributed by atoms with van der Waals surface area (Å²) in [5.74, 6) is 2.90. The Morgan fingerprint density at radius 2 is 1.85 bits per heavy atom. The fourth-order valence-electron chi connectivity index (χ4n) is 4.62. The van der Waals surface area contributed by atoms with Crippen molar-refractivity contribution in [3.8, 4) is 11.5 Å². The Bertz CT molecular complexity index is 611. The molecule has 0 heterocycles. The van der Waals surface area contributed by atoms with Crippen LogP contribution >= 0.6 is 12.4 Å². The number of hydrogen-bond acceptors (Lipinski definition) is 4. The lowest BCUT2D eigenvalue weighted by Crippen LogP contribution is -2.49. The summed E-state index contributed by atoms with van der Waals surface area (Å²) in [7, 11) is 5.16. The van der Waals surface area contributed by atoms with Gasteiger partial charge in [-0.15, -0.1) is 12.4 Å². The number of benzene rings is 1. The summed E-state index contributed by atoms with van der Waals surface area (Å²) >= 11 is 0. The number of carbonyl (C=O) groups excluding carboxylic acids is 1. The molecule has 26 heavy (non-hydrogen) atoms. The van der Waals surface area contributed by atoms with E-state index in [1.54, 1.807) is 14.2 Å². The van der Waals surface area contributed by atoms with Crippen molar-refractivity contribution >= 4 is 18.3 Å². The van der Waals surface area contributed by atoms with Gasteiger partial charge in [0.05, 0.1) is 14.2 Å². The summed E-state index contributed by atoms with van der Waals surface area (Å²) < 4.78 is 10.7. The minimum Gasteiger partial charge on any atom is -0.497 e. The number of ether oxygens (including phenoxy) is 2. The van der Waals surface area contributed by atoms with Crippen molar-refractivity contribution in [2.45, 2.75) is 44.7 Å². The highest BCUT2D eigenvalue weighted by Gasteiger charge is 2.41. The average molecular weight is 383 g/mol. The topological polar surface area (TPSA) is 64.8 Å². The van der Waals surface area contributed by atoms with Crippen LogP contribution in [0.4, 0.5) is 0 Å². The molecule has 2 aliphatic rings. The molecule has 0 spiro atoms. The monoisotopic (exact) mass is 382 g/mol. The number of rotatable bonds is 5. The lowest BCUT2D eigenvalue weighted by Gasteiger charge is -2.44. The highest BCUT2D eigenvalue weighted by molar-refractivity contribution is 5.85. The molecule has 2 saturated carbocycles. The Kier molecular flexibility index (Phi) is 7.18. The number of nitrogens with zero attached hydrogens (tertiary/aromatic N) is 1. The largest absolute Gasteiger partial charge is 0.497 e. The standard InChI is InChI=1S/C20H30N2O3.ClH/c1-22(12-15-7-8-17(24-2)11-18(15)25-3)20(23)16-9-13-5-4-6-14(10-16)19(13)21;/h7-8,11,13-14,16,19H,4-6,9-10,12,21H2,1-3H3;1H. The zero-order valence-corrected chi connectivity index (χ0v) is 16.8. The highest BCUT2D eigenvalue weighted by Crippen LogP contribution is 2.42. The van der Waals surface area contributed by atoms with Crippen LogP contribution in [-0.4, -0.2) is 38.1 Å². The molecule has 0 aromatic heterocycles. The molecule has 5 nitrogen and oxygen atoms in total. The van der Waals surface area contributed by atoms with Crippen LogP contribution in [0.2, 0.25) is 0 Å². The number of amides is 1. The Morgan fingerprint density at radius 3 is 2.42 bits per heavy atom.